The van der Waals surface area contributed by atoms with Crippen LogP contribution in [-0.2, 0) is 0 Å². The first-order chi connectivity index (χ1) is 14.5. The number of para-hydroxylation sites is 1. The van der Waals surface area contributed by atoms with E-state index in [1.165, 1.54) is 16.8 Å². The number of nitrogens with zero attached hydrogens (tertiary/aromatic N) is 4. The minimum absolute atomic E-state index is 0.136. The van der Waals surface area contributed by atoms with Gasteiger partial charge in [-0.15, -0.1) is 5.10 Å². The number of carbonyl (C=O) groups is 1. The van der Waals surface area contributed by atoms with Crippen LogP contribution in [0.2, 0.25) is 5.02 Å². The Hall–Kier alpha value is -3.58. The minimum atomic E-state index is -0.413. The summed E-state index contributed by atoms with van der Waals surface area (Å²) in [7, 11) is 0. The lowest BCUT2D eigenvalue weighted by Gasteiger charge is -2.14. The maximum Gasteiger partial charge on any atom is 0.274 e. The van der Waals surface area contributed by atoms with E-state index in [4.69, 9.17) is 11.6 Å². The molecule has 1 N–H and O–H groups in total. The Morgan fingerprint density at radius 1 is 1.10 bits per heavy atom. The van der Waals surface area contributed by atoms with E-state index >= 15 is 0 Å². The summed E-state index contributed by atoms with van der Waals surface area (Å²) >= 11 is 6.35. The summed E-state index contributed by atoms with van der Waals surface area (Å²) in [6.45, 7) is 1.81. The number of pyridine rings is 1. The maximum absolute atomic E-state index is 13.2. The number of rotatable bonds is 5. The first-order valence-corrected chi connectivity index (χ1v) is 9.59. The lowest BCUT2D eigenvalue weighted by Crippen LogP contribution is -2.27. The molecule has 1 atom stereocenters. The number of carbonyl (C=O) groups excluding carboxylic acids is 1. The van der Waals surface area contributed by atoms with Crippen molar-refractivity contribution in [2.24, 2.45) is 0 Å². The molecule has 2 aromatic carbocycles. The molecule has 1 unspecified atom stereocenters. The van der Waals surface area contributed by atoms with E-state index in [0.717, 1.165) is 5.56 Å². The van der Waals surface area contributed by atoms with Crippen molar-refractivity contribution >= 4 is 17.5 Å². The predicted molar refractivity (Wildman–Crippen MR) is 112 cm³/mol. The van der Waals surface area contributed by atoms with Gasteiger partial charge in [0.2, 0.25) is 0 Å². The predicted octanol–water partition coefficient (Wildman–Crippen LogP) is 4.61. The Bertz CT molecular complexity index is 1180. The molecule has 0 spiro atoms. The summed E-state index contributed by atoms with van der Waals surface area (Å²) in [6.07, 6.45) is 3.27. The van der Waals surface area contributed by atoms with Gasteiger partial charge in [-0.2, -0.15) is 0 Å². The summed E-state index contributed by atoms with van der Waals surface area (Å²) in [5.41, 5.74) is 2.64. The van der Waals surface area contributed by atoms with Crippen molar-refractivity contribution < 1.29 is 9.18 Å². The largest absolute Gasteiger partial charge is 0.344 e. The van der Waals surface area contributed by atoms with Crippen LogP contribution in [0.4, 0.5) is 4.39 Å². The number of hydrogen-bond donors (Lipinski definition) is 1. The molecule has 2 aromatic heterocycles. The van der Waals surface area contributed by atoms with Crippen LogP contribution in [0, 0.1) is 5.82 Å². The van der Waals surface area contributed by atoms with Crippen LogP contribution in [0.1, 0.15) is 29.0 Å². The van der Waals surface area contributed by atoms with E-state index < -0.39 is 5.91 Å². The number of benzene rings is 2. The zero-order valence-electron chi connectivity index (χ0n) is 16.0. The average Bonchev–Trinajstić information content (AvgIpc) is 3.20. The van der Waals surface area contributed by atoms with Gasteiger partial charge in [0.25, 0.3) is 5.91 Å². The highest BCUT2D eigenvalue weighted by atomic mass is 35.5. The molecule has 2 heterocycles. The van der Waals surface area contributed by atoms with Crippen molar-refractivity contribution in [1.29, 1.82) is 0 Å². The Balaban J connectivity index is 1.74. The molecule has 0 saturated carbocycles. The third kappa shape index (κ3) is 3.92. The molecule has 150 valence electrons. The van der Waals surface area contributed by atoms with Crippen molar-refractivity contribution in [3.8, 4) is 16.9 Å². The molecule has 0 bridgehead atoms. The number of hydrogen-bond acceptors (Lipinski definition) is 4. The standard InChI is InChI=1S/C22H17ClFN5O/c1-14(15-8-10-17(24)11-9-15)26-22(30)20-21(16-5-4-12-25-13-16)29(28-27-20)19-7-3-2-6-18(19)23/h2-14H,1H3,(H,26,30). The zero-order valence-corrected chi connectivity index (χ0v) is 16.7. The van der Waals surface area contributed by atoms with Crippen molar-refractivity contribution in [2.45, 2.75) is 13.0 Å². The lowest BCUT2D eigenvalue weighted by molar-refractivity contribution is 0.0935. The summed E-state index contributed by atoms with van der Waals surface area (Å²) in [5, 5.41) is 11.7. The summed E-state index contributed by atoms with van der Waals surface area (Å²) in [5.74, 6) is -0.747. The zero-order chi connectivity index (χ0) is 21.1. The van der Waals surface area contributed by atoms with Crippen molar-refractivity contribution in [3.63, 3.8) is 0 Å². The first-order valence-electron chi connectivity index (χ1n) is 9.22. The van der Waals surface area contributed by atoms with E-state index in [2.05, 4.69) is 20.6 Å². The molecule has 0 radical (unpaired) electrons. The van der Waals surface area contributed by atoms with E-state index in [-0.39, 0.29) is 17.6 Å². The lowest BCUT2D eigenvalue weighted by atomic mass is 10.1. The Morgan fingerprint density at radius 2 is 1.87 bits per heavy atom. The van der Waals surface area contributed by atoms with Gasteiger partial charge in [-0.1, -0.05) is 41.1 Å². The minimum Gasteiger partial charge on any atom is -0.344 e. The Kier molecular flexibility index (Phi) is 5.54. The SMILES string of the molecule is CC(NC(=O)c1nnn(-c2ccccc2Cl)c1-c1cccnc1)c1ccc(F)cc1. The van der Waals surface area contributed by atoms with Crippen LogP contribution in [0.25, 0.3) is 16.9 Å². The second-order valence-electron chi connectivity index (χ2n) is 6.64. The first kappa shape index (κ1) is 19.7. The van der Waals surface area contributed by atoms with Gasteiger partial charge in [0, 0.05) is 18.0 Å². The van der Waals surface area contributed by atoms with Gasteiger partial charge in [-0.3, -0.25) is 9.78 Å². The molecular formula is C22H17ClFN5O. The van der Waals surface area contributed by atoms with Crippen molar-refractivity contribution in [2.75, 3.05) is 0 Å². The maximum atomic E-state index is 13.2. The molecule has 0 aliphatic carbocycles. The molecule has 0 saturated heterocycles. The monoisotopic (exact) mass is 421 g/mol. The molecule has 8 heteroatoms. The van der Waals surface area contributed by atoms with Crippen LogP contribution < -0.4 is 5.32 Å². The second kappa shape index (κ2) is 8.42. The van der Waals surface area contributed by atoms with Gasteiger partial charge < -0.3 is 5.32 Å². The van der Waals surface area contributed by atoms with Crippen LogP contribution >= 0.6 is 11.6 Å². The van der Waals surface area contributed by atoms with Gasteiger partial charge in [0.1, 0.15) is 11.5 Å². The van der Waals surface area contributed by atoms with Gasteiger partial charge in [0.05, 0.1) is 16.8 Å². The fraction of sp³-hybridized carbons (Fsp3) is 0.0909. The van der Waals surface area contributed by atoms with Gasteiger partial charge >= 0.3 is 0 Å². The summed E-state index contributed by atoms with van der Waals surface area (Å²) < 4.78 is 14.7. The quantitative estimate of drug-likeness (QED) is 0.510. The summed E-state index contributed by atoms with van der Waals surface area (Å²) in [4.78, 5) is 17.2. The number of halogens is 2. The van der Waals surface area contributed by atoms with Gasteiger partial charge in [-0.05, 0) is 48.9 Å². The fourth-order valence-electron chi connectivity index (χ4n) is 3.09. The highest BCUT2D eigenvalue weighted by Gasteiger charge is 2.24. The van der Waals surface area contributed by atoms with Crippen LogP contribution in [0.3, 0.4) is 0 Å². The molecule has 30 heavy (non-hydrogen) atoms. The van der Waals surface area contributed by atoms with E-state index in [1.54, 1.807) is 42.7 Å². The van der Waals surface area contributed by atoms with Crippen LogP contribution in [0.15, 0.2) is 73.1 Å². The van der Waals surface area contributed by atoms with Gasteiger partial charge in [-0.25, -0.2) is 9.07 Å². The van der Waals surface area contributed by atoms with Crippen molar-refractivity contribution in [3.05, 3.63) is 95.2 Å². The molecule has 0 aliphatic rings. The van der Waals surface area contributed by atoms with E-state index in [0.29, 0.717) is 22.0 Å². The topological polar surface area (TPSA) is 72.7 Å². The molecule has 1 amide bonds. The molecule has 4 aromatic rings. The van der Waals surface area contributed by atoms with E-state index in [9.17, 15) is 9.18 Å². The normalized spacial score (nSPS) is 11.8. The van der Waals surface area contributed by atoms with Crippen LogP contribution in [-0.4, -0.2) is 25.9 Å². The molecule has 0 aliphatic heterocycles. The Labute approximate surface area is 177 Å². The molecule has 4 rings (SSSR count). The smallest absolute Gasteiger partial charge is 0.274 e. The highest BCUT2D eigenvalue weighted by molar-refractivity contribution is 6.32. The van der Waals surface area contributed by atoms with Crippen molar-refractivity contribution in [1.82, 2.24) is 25.3 Å². The van der Waals surface area contributed by atoms with E-state index in [1.807, 2.05) is 25.1 Å². The molecular weight excluding hydrogens is 405 g/mol. The number of nitrogens with one attached hydrogen (secondary N) is 1. The highest BCUT2D eigenvalue weighted by Crippen LogP contribution is 2.28. The molecule has 0 fully saturated rings. The third-order valence-corrected chi connectivity index (χ3v) is 4.94. The second-order valence-corrected chi connectivity index (χ2v) is 7.05. The van der Waals surface area contributed by atoms with Crippen LogP contribution in [0.5, 0.6) is 0 Å². The number of amides is 1. The Morgan fingerprint density at radius 3 is 2.57 bits per heavy atom. The number of aromatic nitrogens is 4. The summed E-state index contributed by atoms with van der Waals surface area (Å²) in [6, 6.07) is 16.4. The van der Waals surface area contributed by atoms with Gasteiger partial charge in [0.15, 0.2) is 5.69 Å². The average molecular weight is 422 g/mol. The molecule has 6 nitrogen and oxygen atoms in total. The fourth-order valence-corrected chi connectivity index (χ4v) is 3.30. The third-order valence-electron chi connectivity index (χ3n) is 4.62.